The lowest BCUT2D eigenvalue weighted by Crippen LogP contribution is -2.25. The highest BCUT2D eigenvalue weighted by Gasteiger charge is 2.07. The molecule has 130 valence electrons. The van der Waals surface area contributed by atoms with Gasteiger partial charge in [-0.3, -0.25) is 4.79 Å². The molecule has 0 aliphatic carbocycles. The van der Waals surface area contributed by atoms with Crippen molar-refractivity contribution in [3.05, 3.63) is 62.2 Å². The Morgan fingerprint density at radius 3 is 2.68 bits per heavy atom. The molecule has 0 saturated heterocycles. The van der Waals surface area contributed by atoms with Crippen molar-refractivity contribution in [1.29, 1.82) is 0 Å². The third-order valence-electron chi connectivity index (χ3n) is 3.78. The molecule has 25 heavy (non-hydrogen) atoms. The van der Waals surface area contributed by atoms with Crippen LogP contribution in [0.2, 0.25) is 4.34 Å². The Kier molecular flexibility index (Phi) is 6.24. The van der Waals surface area contributed by atoms with Crippen LogP contribution < -0.4 is 5.32 Å². The summed E-state index contributed by atoms with van der Waals surface area (Å²) < 4.78 is 0.767. The molecule has 1 N–H and O–H groups in total. The molecule has 3 rings (SSSR count). The molecule has 0 saturated carbocycles. The van der Waals surface area contributed by atoms with E-state index in [0.29, 0.717) is 13.0 Å². The topological polar surface area (TPSA) is 42.0 Å². The molecule has 3 aromatic rings. The lowest BCUT2D eigenvalue weighted by Gasteiger charge is -2.03. The number of hydrogen-bond acceptors (Lipinski definition) is 4. The number of benzene rings is 1. The van der Waals surface area contributed by atoms with Gasteiger partial charge in [0, 0.05) is 35.2 Å². The summed E-state index contributed by atoms with van der Waals surface area (Å²) in [6.45, 7) is 2.69. The van der Waals surface area contributed by atoms with Gasteiger partial charge in [-0.05, 0) is 25.5 Å². The number of rotatable bonds is 7. The average Bonchev–Trinajstić information content (AvgIpc) is 3.23. The SMILES string of the molecule is Cc1ccc(-c2nc(CCNC(=O)CCc3ccc(Cl)s3)cs2)cc1. The second kappa shape index (κ2) is 8.61. The second-order valence-corrected chi connectivity index (χ2v) is 8.47. The fourth-order valence-electron chi connectivity index (χ4n) is 2.39. The molecule has 2 heterocycles. The van der Waals surface area contributed by atoms with Crippen molar-refractivity contribution < 1.29 is 4.79 Å². The van der Waals surface area contributed by atoms with Gasteiger partial charge in [0.05, 0.1) is 10.0 Å². The molecular weight excluding hydrogens is 372 g/mol. The predicted octanol–water partition coefficient (Wildman–Crippen LogP) is 5.12. The first-order valence-corrected chi connectivity index (χ1v) is 10.2. The van der Waals surface area contributed by atoms with Crippen LogP contribution >= 0.6 is 34.3 Å². The van der Waals surface area contributed by atoms with E-state index in [0.717, 1.165) is 38.3 Å². The van der Waals surface area contributed by atoms with Crippen LogP contribution in [-0.2, 0) is 17.6 Å². The molecule has 2 aromatic heterocycles. The number of nitrogens with zero attached hydrogens (tertiary/aromatic N) is 1. The number of halogens is 1. The Bertz CT molecular complexity index is 839. The van der Waals surface area contributed by atoms with Crippen LogP contribution in [0.25, 0.3) is 10.6 Å². The minimum absolute atomic E-state index is 0.0681. The Morgan fingerprint density at radius 2 is 1.96 bits per heavy atom. The number of nitrogens with one attached hydrogen (secondary N) is 1. The van der Waals surface area contributed by atoms with Gasteiger partial charge in [0.25, 0.3) is 0 Å². The highest BCUT2D eigenvalue weighted by molar-refractivity contribution is 7.16. The predicted molar refractivity (Wildman–Crippen MR) is 107 cm³/mol. The first kappa shape index (κ1) is 18.1. The Labute approximate surface area is 160 Å². The van der Waals surface area contributed by atoms with Crippen LogP contribution in [0, 0.1) is 6.92 Å². The fourth-order valence-corrected chi connectivity index (χ4v) is 4.34. The number of thiazole rings is 1. The van der Waals surface area contributed by atoms with E-state index in [1.54, 1.807) is 11.3 Å². The van der Waals surface area contributed by atoms with Gasteiger partial charge in [0.15, 0.2) is 0 Å². The molecule has 0 unspecified atom stereocenters. The van der Waals surface area contributed by atoms with E-state index in [9.17, 15) is 4.79 Å². The molecule has 0 radical (unpaired) electrons. The minimum Gasteiger partial charge on any atom is -0.356 e. The van der Waals surface area contributed by atoms with Gasteiger partial charge in [-0.2, -0.15) is 0 Å². The van der Waals surface area contributed by atoms with Crippen LogP contribution in [0.4, 0.5) is 0 Å². The van der Waals surface area contributed by atoms with Crippen molar-refractivity contribution >= 4 is 40.2 Å². The minimum atomic E-state index is 0.0681. The number of carbonyl (C=O) groups is 1. The zero-order valence-corrected chi connectivity index (χ0v) is 16.3. The van der Waals surface area contributed by atoms with E-state index in [1.165, 1.54) is 16.9 Å². The third-order valence-corrected chi connectivity index (χ3v) is 6.01. The Morgan fingerprint density at radius 1 is 1.16 bits per heavy atom. The molecule has 0 fully saturated rings. The number of amides is 1. The van der Waals surface area contributed by atoms with Gasteiger partial charge in [0.1, 0.15) is 5.01 Å². The van der Waals surface area contributed by atoms with E-state index < -0.39 is 0 Å². The van der Waals surface area contributed by atoms with Crippen LogP contribution in [0.15, 0.2) is 41.8 Å². The number of hydrogen-bond donors (Lipinski definition) is 1. The van der Waals surface area contributed by atoms with Crippen LogP contribution in [-0.4, -0.2) is 17.4 Å². The standard InChI is InChI=1S/C19H19ClN2OS2/c1-13-2-4-14(5-3-13)19-22-15(12-24-19)10-11-21-18(23)9-7-16-6-8-17(20)25-16/h2-6,8,12H,7,9-11H2,1H3,(H,21,23). The van der Waals surface area contributed by atoms with Crippen LogP contribution in [0.5, 0.6) is 0 Å². The fraction of sp³-hybridized carbons (Fsp3) is 0.263. The van der Waals surface area contributed by atoms with E-state index in [-0.39, 0.29) is 5.91 Å². The molecule has 1 aromatic carbocycles. The molecular formula is C19H19ClN2OS2. The molecule has 3 nitrogen and oxygen atoms in total. The molecule has 0 aliphatic rings. The lowest BCUT2D eigenvalue weighted by atomic mass is 10.2. The number of aromatic nitrogens is 1. The summed E-state index contributed by atoms with van der Waals surface area (Å²) in [5.41, 5.74) is 3.40. The summed E-state index contributed by atoms with van der Waals surface area (Å²) in [7, 11) is 0. The van der Waals surface area contributed by atoms with E-state index in [1.807, 2.05) is 12.1 Å². The van der Waals surface area contributed by atoms with Crippen molar-refractivity contribution in [3.8, 4) is 10.6 Å². The second-order valence-electron chi connectivity index (χ2n) is 5.82. The molecule has 0 aliphatic heterocycles. The van der Waals surface area contributed by atoms with Gasteiger partial charge >= 0.3 is 0 Å². The summed E-state index contributed by atoms with van der Waals surface area (Å²) in [6.07, 6.45) is 1.97. The Balaban J connectivity index is 1.43. The number of thiophene rings is 1. The first-order chi connectivity index (χ1) is 12.1. The maximum absolute atomic E-state index is 11.9. The van der Waals surface area contributed by atoms with Gasteiger partial charge in [0.2, 0.25) is 5.91 Å². The van der Waals surface area contributed by atoms with Crippen molar-refractivity contribution in [2.45, 2.75) is 26.2 Å². The Hall–Kier alpha value is -1.69. The molecule has 0 spiro atoms. The van der Waals surface area contributed by atoms with Gasteiger partial charge in [-0.15, -0.1) is 22.7 Å². The van der Waals surface area contributed by atoms with Gasteiger partial charge in [-0.25, -0.2) is 4.98 Å². The van der Waals surface area contributed by atoms with Crippen molar-refractivity contribution in [2.75, 3.05) is 6.54 Å². The average molecular weight is 391 g/mol. The largest absolute Gasteiger partial charge is 0.356 e. The van der Waals surface area contributed by atoms with Crippen molar-refractivity contribution in [1.82, 2.24) is 10.3 Å². The molecule has 1 amide bonds. The summed E-state index contributed by atoms with van der Waals surface area (Å²) in [6, 6.07) is 12.2. The van der Waals surface area contributed by atoms with Gasteiger partial charge in [-0.1, -0.05) is 41.4 Å². The first-order valence-electron chi connectivity index (χ1n) is 8.12. The zero-order chi connectivity index (χ0) is 17.6. The van der Waals surface area contributed by atoms with Crippen LogP contribution in [0.1, 0.15) is 22.6 Å². The maximum atomic E-state index is 11.9. The summed E-state index contributed by atoms with van der Waals surface area (Å²) >= 11 is 9.06. The van der Waals surface area contributed by atoms with E-state index in [2.05, 4.69) is 46.9 Å². The van der Waals surface area contributed by atoms with Crippen molar-refractivity contribution in [3.63, 3.8) is 0 Å². The summed E-state index contributed by atoms with van der Waals surface area (Å²) in [4.78, 5) is 17.7. The summed E-state index contributed by atoms with van der Waals surface area (Å²) in [5, 5.41) is 6.05. The maximum Gasteiger partial charge on any atom is 0.220 e. The summed E-state index contributed by atoms with van der Waals surface area (Å²) in [5.74, 6) is 0.0681. The zero-order valence-electron chi connectivity index (χ0n) is 13.9. The van der Waals surface area contributed by atoms with E-state index >= 15 is 0 Å². The normalized spacial score (nSPS) is 10.8. The molecule has 6 heteroatoms. The number of carbonyl (C=O) groups excluding carboxylic acids is 1. The van der Waals surface area contributed by atoms with E-state index in [4.69, 9.17) is 11.6 Å². The molecule has 0 atom stereocenters. The highest BCUT2D eigenvalue weighted by atomic mass is 35.5. The highest BCUT2D eigenvalue weighted by Crippen LogP contribution is 2.24. The lowest BCUT2D eigenvalue weighted by molar-refractivity contribution is -0.121. The van der Waals surface area contributed by atoms with Crippen molar-refractivity contribution in [2.24, 2.45) is 0 Å². The van der Waals surface area contributed by atoms with Crippen LogP contribution in [0.3, 0.4) is 0 Å². The quantitative estimate of drug-likeness (QED) is 0.608. The number of aryl methyl sites for hydroxylation is 2. The van der Waals surface area contributed by atoms with Gasteiger partial charge < -0.3 is 5.32 Å². The molecule has 0 bridgehead atoms. The smallest absolute Gasteiger partial charge is 0.220 e. The third kappa shape index (κ3) is 5.39. The monoisotopic (exact) mass is 390 g/mol.